The van der Waals surface area contributed by atoms with Gasteiger partial charge >= 0.3 is 0 Å². The van der Waals surface area contributed by atoms with E-state index in [9.17, 15) is 9.59 Å². The van der Waals surface area contributed by atoms with Gasteiger partial charge in [-0.25, -0.2) is 0 Å². The van der Waals surface area contributed by atoms with Crippen LogP contribution in [0.25, 0.3) is 0 Å². The van der Waals surface area contributed by atoms with E-state index in [2.05, 4.69) is 10.6 Å². The molecule has 6 heteroatoms. The summed E-state index contributed by atoms with van der Waals surface area (Å²) in [7, 11) is 0. The van der Waals surface area contributed by atoms with Crippen molar-refractivity contribution >= 4 is 29.1 Å². The van der Waals surface area contributed by atoms with Crippen LogP contribution in [0.15, 0.2) is 40.8 Å². The van der Waals surface area contributed by atoms with Crippen LogP contribution in [0.1, 0.15) is 23.0 Å². The number of carbonyl (C=O) groups is 2. The fourth-order valence-electron chi connectivity index (χ4n) is 1.66. The van der Waals surface area contributed by atoms with E-state index in [0.29, 0.717) is 17.0 Å². The molecule has 2 rings (SSSR count). The minimum absolute atomic E-state index is 0.187. The van der Waals surface area contributed by atoms with E-state index in [1.807, 2.05) is 0 Å². The molecule has 0 spiro atoms. The fourth-order valence-corrected chi connectivity index (χ4v) is 1.82. The van der Waals surface area contributed by atoms with Crippen LogP contribution in [0, 0.1) is 0 Å². The quantitative estimate of drug-likeness (QED) is 0.910. The van der Waals surface area contributed by atoms with Crippen molar-refractivity contribution in [3.63, 3.8) is 0 Å². The van der Waals surface area contributed by atoms with Crippen LogP contribution in [-0.4, -0.2) is 11.8 Å². The number of amides is 2. The SMILES string of the molecule is CC(=O)Nc1cccc(C(=O)NCc2ccc(Cl)o2)c1. The Morgan fingerprint density at radius 1 is 1.25 bits per heavy atom. The normalized spacial score (nSPS) is 10.1. The van der Waals surface area contributed by atoms with Crippen LogP contribution in [0.3, 0.4) is 0 Å². The number of hydrogen-bond donors (Lipinski definition) is 2. The van der Waals surface area contributed by atoms with Gasteiger partial charge in [0.15, 0.2) is 5.22 Å². The van der Waals surface area contributed by atoms with E-state index in [1.165, 1.54) is 6.92 Å². The van der Waals surface area contributed by atoms with Crippen LogP contribution in [-0.2, 0) is 11.3 Å². The molecule has 0 atom stereocenters. The average molecular weight is 293 g/mol. The van der Waals surface area contributed by atoms with E-state index in [0.717, 1.165) is 0 Å². The molecule has 0 radical (unpaired) electrons. The Hall–Kier alpha value is -2.27. The van der Waals surface area contributed by atoms with E-state index in [-0.39, 0.29) is 23.6 Å². The first-order chi connectivity index (χ1) is 9.54. The second-order valence-electron chi connectivity index (χ2n) is 4.15. The lowest BCUT2D eigenvalue weighted by atomic mass is 10.2. The van der Waals surface area contributed by atoms with Crippen LogP contribution >= 0.6 is 11.6 Å². The Morgan fingerprint density at radius 2 is 2.05 bits per heavy atom. The summed E-state index contributed by atoms with van der Waals surface area (Å²) in [5.74, 6) is 0.124. The summed E-state index contributed by atoms with van der Waals surface area (Å²) in [5.41, 5.74) is 1.03. The molecule has 0 aliphatic rings. The van der Waals surface area contributed by atoms with Crippen LogP contribution < -0.4 is 10.6 Å². The Morgan fingerprint density at radius 3 is 2.70 bits per heavy atom. The van der Waals surface area contributed by atoms with Gasteiger partial charge in [-0.2, -0.15) is 0 Å². The van der Waals surface area contributed by atoms with Crippen LogP contribution in [0.2, 0.25) is 5.22 Å². The average Bonchev–Trinajstić information content (AvgIpc) is 2.81. The second kappa shape index (κ2) is 6.25. The lowest BCUT2D eigenvalue weighted by molar-refractivity contribution is -0.114. The van der Waals surface area contributed by atoms with Gasteiger partial charge in [0, 0.05) is 18.2 Å². The van der Waals surface area contributed by atoms with Crippen molar-refractivity contribution in [3.8, 4) is 0 Å². The predicted octanol–water partition coefficient (Wildman–Crippen LogP) is 2.82. The molecule has 5 nitrogen and oxygen atoms in total. The second-order valence-corrected chi connectivity index (χ2v) is 4.52. The first kappa shape index (κ1) is 14.1. The Labute approximate surface area is 120 Å². The number of nitrogens with one attached hydrogen (secondary N) is 2. The first-order valence-corrected chi connectivity index (χ1v) is 6.32. The largest absolute Gasteiger partial charge is 0.448 e. The summed E-state index contributed by atoms with van der Waals surface area (Å²) in [6.45, 7) is 1.66. The first-order valence-electron chi connectivity index (χ1n) is 5.94. The Bertz CT molecular complexity index is 637. The predicted molar refractivity (Wildman–Crippen MR) is 75.6 cm³/mol. The van der Waals surface area contributed by atoms with Gasteiger partial charge in [0.05, 0.1) is 6.54 Å². The number of benzene rings is 1. The minimum atomic E-state index is -0.260. The molecule has 2 aromatic rings. The third-order valence-corrected chi connectivity index (χ3v) is 2.70. The van der Waals surface area contributed by atoms with Crippen molar-refractivity contribution in [2.45, 2.75) is 13.5 Å². The lowest BCUT2D eigenvalue weighted by Gasteiger charge is -2.06. The molecule has 0 aliphatic carbocycles. The third-order valence-electron chi connectivity index (χ3n) is 2.50. The van der Waals surface area contributed by atoms with E-state index in [4.69, 9.17) is 16.0 Å². The van der Waals surface area contributed by atoms with E-state index >= 15 is 0 Å². The molecule has 0 bridgehead atoms. The van der Waals surface area contributed by atoms with Gasteiger partial charge in [0.2, 0.25) is 5.91 Å². The standard InChI is InChI=1S/C14H13ClN2O3/c1-9(18)17-11-4-2-3-10(7-11)14(19)16-8-12-5-6-13(15)20-12/h2-7H,8H2,1H3,(H,16,19)(H,17,18). The van der Waals surface area contributed by atoms with E-state index in [1.54, 1.807) is 36.4 Å². The van der Waals surface area contributed by atoms with Crippen molar-refractivity contribution in [3.05, 3.63) is 52.9 Å². The molecule has 2 N–H and O–H groups in total. The molecule has 0 fully saturated rings. The third kappa shape index (κ3) is 3.86. The van der Waals surface area contributed by atoms with Crippen molar-refractivity contribution in [1.29, 1.82) is 0 Å². The maximum absolute atomic E-state index is 12.0. The van der Waals surface area contributed by atoms with Gasteiger partial charge in [-0.15, -0.1) is 0 Å². The Kier molecular flexibility index (Phi) is 4.42. The fraction of sp³-hybridized carbons (Fsp3) is 0.143. The van der Waals surface area contributed by atoms with Crippen molar-refractivity contribution in [2.24, 2.45) is 0 Å². The summed E-state index contributed by atoms with van der Waals surface area (Å²) >= 11 is 5.64. The molecule has 2 amide bonds. The van der Waals surface area contributed by atoms with Gasteiger partial charge < -0.3 is 15.1 Å². The highest BCUT2D eigenvalue weighted by Gasteiger charge is 2.08. The zero-order valence-electron chi connectivity index (χ0n) is 10.8. The minimum Gasteiger partial charge on any atom is -0.448 e. The highest BCUT2D eigenvalue weighted by molar-refractivity contribution is 6.28. The molecule has 1 heterocycles. The molecule has 0 saturated heterocycles. The molecular formula is C14H13ClN2O3. The van der Waals surface area contributed by atoms with Crippen molar-refractivity contribution < 1.29 is 14.0 Å². The number of anilines is 1. The Balaban J connectivity index is 1.99. The number of furan rings is 1. The van der Waals surface area contributed by atoms with Crippen LogP contribution in [0.5, 0.6) is 0 Å². The van der Waals surface area contributed by atoms with Gasteiger partial charge in [-0.05, 0) is 41.9 Å². The number of hydrogen-bond acceptors (Lipinski definition) is 3. The molecule has 0 aliphatic heterocycles. The van der Waals surface area contributed by atoms with Gasteiger partial charge in [0.25, 0.3) is 5.91 Å². The van der Waals surface area contributed by atoms with Gasteiger partial charge in [-0.1, -0.05) is 6.07 Å². The number of carbonyl (C=O) groups excluding carboxylic acids is 2. The summed E-state index contributed by atoms with van der Waals surface area (Å²) < 4.78 is 5.14. The van der Waals surface area contributed by atoms with Gasteiger partial charge in [-0.3, -0.25) is 9.59 Å². The van der Waals surface area contributed by atoms with E-state index < -0.39 is 0 Å². The zero-order chi connectivity index (χ0) is 14.5. The summed E-state index contributed by atoms with van der Waals surface area (Å²) in [5, 5.41) is 5.61. The van der Waals surface area contributed by atoms with Crippen LogP contribution in [0.4, 0.5) is 5.69 Å². The topological polar surface area (TPSA) is 71.3 Å². The summed E-state index contributed by atoms with van der Waals surface area (Å²) in [4.78, 5) is 22.9. The smallest absolute Gasteiger partial charge is 0.251 e. The maximum atomic E-state index is 12.0. The molecule has 0 saturated carbocycles. The number of rotatable bonds is 4. The zero-order valence-corrected chi connectivity index (χ0v) is 11.5. The molecule has 1 aromatic heterocycles. The van der Waals surface area contributed by atoms with Crippen molar-refractivity contribution in [2.75, 3.05) is 5.32 Å². The molecule has 20 heavy (non-hydrogen) atoms. The maximum Gasteiger partial charge on any atom is 0.251 e. The highest BCUT2D eigenvalue weighted by atomic mass is 35.5. The molecule has 1 aromatic carbocycles. The highest BCUT2D eigenvalue weighted by Crippen LogP contribution is 2.14. The lowest BCUT2D eigenvalue weighted by Crippen LogP contribution is -2.22. The molecule has 0 unspecified atom stereocenters. The molecule has 104 valence electrons. The monoisotopic (exact) mass is 292 g/mol. The summed E-state index contributed by atoms with van der Waals surface area (Å²) in [6.07, 6.45) is 0. The molecular weight excluding hydrogens is 280 g/mol. The number of halogens is 1. The van der Waals surface area contributed by atoms with Gasteiger partial charge in [0.1, 0.15) is 5.76 Å². The van der Waals surface area contributed by atoms with Crippen molar-refractivity contribution in [1.82, 2.24) is 5.32 Å². The summed E-state index contributed by atoms with van der Waals surface area (Å²) in [6, 6.07) is 9.98.